The Morgan fingerprint density at radius 1 is 1.60 bits per heavy atom. The molecule has 1 saturated heterocycles. The molecule has 0 bridgehead atoms. The highest BCUT2D eigenvalue weighted by Gasteiger charge is 2.24. The molecule has 0 amide bonds. The first-order valence-electron chi connectivity index (χ1n) is 3.75. The molecule has 0 aromatic rings. The zero-order valence-electron chi connectivity index (χ0n) is 6.68. The molecule has 1 aliphatic heterocycles. The molecule has 0 aromatic heterocycles. The van der Waals surface area contributed by atoms with Gasteiger partial charge in [-0.15, -0.1) is 0 Å². The molecule has 0 saturated carbocycles. The van der Waals surface area contributed by atoms with Gasteiger partial charge in [-0.3, -0.25) is 0 Å². The molecular weight excluding hydrogens is 128 g/mol. The largest absolute Gasteiger partial charge is 0.384 e. The minimum atomic E-state index is 0.597. The normalized spacial score (nSPS) is 33.0. The Bertz CT molecular complexity index is 97.6. The lowest BCUT2D eigenvalue weighted by Crippen LogP contribution is -2.34. The third-order valence-electron chi connectivity index (χ3n) is 2.09. The fourth-order valence-electron chi connectivity index (χ4n) is 1.46. The maximum atomic E-state index is 5.08. The molecule has 0 radical (unpaired) electrons. The van der Waals surface area contributed by atoms with Crippen LogP contribution in [0, 0.1) is 5.92 Å². The Morgan fingerprint density at radius 3 is 3.00 bits per heavy atom. The van der Waals surface area contributed by atoms with Crippen molar-refractivity contribution in [1.82, 2.24) is 10.6 Å². The molecule has 1 fully saturated rings. The van der Waals surface area contributed by atoms with E-state index in [1.807, 2.05) is 7.05 Å². The first kappa shape index (κ1) is 7.98. The molecule has 0 spiro atoms. The van der Waals surface area contributed by atoms with Crippen LogP contribution >= 0.6 is 0 Å². The molecule has 1 aliphatic rings. The van der Waals surface area contributed by atoms with Crippen molar-refractivity contribution in [3.63, 3.8) is 0 Å². The highest BCUT2D eigenvalue weighted by Crippen LogP contribution is 2.07. The molecule has 1 rings (SSSR count). The molecule has 0 aromatic carbocycles. The Kier molecular flexibility index (Phi) is 3.12. The van der Waals surface area contributed by atoms with E-state index in [0.29, 0.717) is 12.0 Å². The average molecular weight is 144 g/mol. The summed E-state index contributed by atoms with van der Waals surface area (Å²) >= 11 is 0. The SMILES string of the molecule is CN[C@H]1CNC[C@@H]1COC. The second-order valence-electron chi connectivity index (χ2n) is 2.77. The summed E-state index contributed by atoms with van der Waals surface area (Å²) in [5, 5.41) is 6.57. The fourth-order valence-corrected chi connectivity index (χ4v) is 1.46. The summed E-state index contributed by atoms with van der Waals surface area (Å²) in [5.41, 5.74) is 0. The van der Waals surface area contributed by atoms with Crippen molar-refractivity contribution < 1.29 is 4.74 Å². The van der Waals surface area contributed by atoms with Gasteiger partial charge in [0.05, 0.1) is 6.61 Å². The summed E-state index contributed by atoms with van der Waals surface area (Å²) in [6.45, 7) is 3.02. The minimum Gasteiger partial charge on any atom is -0.384 e. The molecule has 3 nitrogen and oxygen atoms in total. The van der Waals surface area contributed by atoms with Crippen LogP contribution in [0.15, 0.2) is 0 Å². The van der Waals surface area contributed by atoms with E-state index in [0.717, 1.165) is 19.7 Å². The smallest absolute Gasteiger partial charge is 0.0518 e. The first-order valence-corrected chi connectivity index (χ1v) is 3.75. The van der Waals surface area contributed by atoms with Crippen molar-refractivity contribution >= 4 is 0 Å². The molecule has 3 heteroatoms. The van der Waals surface area contributed by atoms with Crippen molar-refractivity contribution in [2.75, 3.05) is 33.9 Å². The van der Waals surface area contributed by atoms with Gasteiger partial charge in [-0.2, -0.15) is 0 Å². The lowest BCUT2D eigenvalue weighted by atomic mass is 10.1. The molecule has 2 N–H and O–H groups in total. The molecule has 0 unspecified atom stereocenters. The van der Waals surface area contributed by atoms with Gasteiger partial charge in [0.1, 0.15) is 0 Å². The quantitative estimate of drug-likeness (QED) is 0.557. The standard InChI is InChI=1S/C7H16N2O/c1-8-7-4-9-3-6(7)5-10-2/h6-9H,3-5H2,1-2H3/t6-,7+/m1/s1. The molecule has 0 aliphatic carbocycles. The highest BCUT2D eigenvalue weighted by atomic mass is 16.5. The Balaban J connectivity index is 2.27. The van der Waals surface area contributed by atoms with E-state index in [2.05, 4.69) is 10.6 Å². The lowest BCUT2D eigenvalue weighted by molar-refractivity contribution is 0.149. The van der Waals surface area contributed by atoms with Crippen LogP contribution in [-0.4, -0.2) is 39.9 Å². The van der Waals surface area contributed by atoms with E-state index in [4.69, 9.17) is 4.74 Å². The Hall–Kier alpha value is -0.120. The molecular formula is C7H16N2O. The summed E-state index contributed by atoms with van der Waals surface area (Å²) in [7, 11) is 3.76. The fraction of sp³-hybridized carbons (Fsp3) is 1.00. The van der Waals surface area contributed by atoms with Gasteiger partial charge < -0.3 is 15.4 Å². The summed E-state index contributed by atoms with van der Waals surface area (Å²) in [4.78, 5) is 0. The van der Waals surface area contributed by atoms with E-state index in [1.165, 1.54) is 0 Å². The number of hydrogen-bond acceptors (Lipinski definition) is 3. The summed E-state index contributed by atoms with van der Waals surface area (Å²) in [6.07, 6.45) is 0. The van der Waals surface area contributed by atoms with Crippen LogP contribution in [0.1, 0.15) is 0 Å². The zero-order chi connectivity index (χ0) is 7.40. The third-order valence-corrected chi connectivity index (χ3v) is 2.09. The van der Waals surface area contributed by atoms with E-state index in [-0.39, 0.29) is 0 Å². The van der Waals surface area contributed by atoms with Crippen molar-refractivity contribution in [1.29, 1.82) is 0 Å². The highest BCUT2D eigenvalue weighted by molar-refractivity contribution is 4.85. The summed E-state index contributed by atoms with van der Waals surface area (Å²) in [5.74, 6) is 0.648. The number of rotatable bonds is 3. The summed E-state index contributed by atoms with van der Waals surface area (Å²) < 4.78 is 5.08. The predicted octanol–water partition coefficient (Wildman–Crippen LogP) is -0.560. The van der Waals surface area contributed by atoms with Crippen LogP contribution in [-0.2, 0) is 4.74 Å². The first-order chi connectivity index (χ1) is 4.88. The summed E-state index contributed by atoms with van der Waals surface area (Å²) in [6, 6.07) is 0.597. The van der Waals surface area contributed by atoms with E-state index < -0.39 is 0 Å². The van der Waals surface area contributed by atoms with Crippen LogP contribution in [0.25, 0.3) is 0 Å². The number of nitrogens with one attached hydrogen (secondary N) is 2. The van der Waals surface area contributed by atoms with Crippen LogP contribution in [0.2, 0.25) is 0 Å². The Morgan fingerprint density at radius 2 is 2.40 bits per heavy atom. The topological polar surface area (TPSA) is 33.3 Å². The maximum absolute atomic E-state index is 5.08. The number of hydrogen-bond donors (Lipinski definition) is 2. The van der Waals surface area contributed by atoms with Gasteiger partial charge in [0, 0.05) is 32.2 Å². The van der Waals surface area contributed by atoms with Gasteiger partial charge in [0.15, 0.2) is 0 Å². The monoisotopic (exact) mass is 144 g/mol. The number of ether oxygens (including phenoxy) is 1. The van der Waals surface area contributed by atoms with E-state index >= 15 is 0 Å². The van der Waals surface area contributed by atoms with E-state index in [9.17, 15) is 0 Å². The van der Waals surface area contributed by atoms with Crippen molar-refractivity contribution in [2.45, 2.75) is 6.04 Å². The minimum absolute atomic E-state index is 0.597. The zero-order valence-corrected chi connectivity index (χ0v) is 6.68. The van der Waals surface area contributed by atoms with E-state index in [1.54, 1.807) is 7.11 Å². The second kappa shape index (κ2) is 3.91. The van der Waals surface area contributed by atoms with Gasteiger partial charge >= 0.3 is 0 Å². The lowest BCUT2D eigenvalue weighted by Gasteiger charge is -2.15. The maximum Gasteiger partial charge on any atom is 0.0518 e. The van der Waals surface area contributed by atoms with Crippen LogP contribution < -0.4 is 10.6 Å². The van der Waals surface area contributed by atoms with Gasteiger partial charge in [-0.1, -0.05) is 0 Å². The van der Waals surface area contributed by atoms with Gasteiger partial charge in [-0.25, -0.2) is 0 Å². The Labute approximate surface area is 62.1 Å². The molecule has 2 atom stereocenters. The second-order valence-corrected chi connectivity index (χ2v) is 2.77. The van der Waals surface area contributed by atoms with Crippen LogP contribution in [0.4, 0.5) is 0 Å². The van der Waals surface area contributed by atoms with Gasteiger partial charge in [-0.05, 0) is 7.05 Å². The molecule has 10 heavy (non-hydrogen) atoms. The van der Waals surface area contributed by atoms with Crippen LogP contribution in [0.3, 0.4) is 0 Å². The number of methoxy groups -OCH3 is 1. The van der Waals surface area contributed by atoms with Crippen molar-refractivity contribution in [3.05, 3.63) is 0 Å². The average Bonchev–Trinajstić information content (AvgIpc) is 2.36. The third kappa shape index (κ3) is 1.68. The predicted molar refractivity (Wildman–Crippen MR) is 41.1 cm³/mol. The molecule has 60 valence electrons. The van der Waals surface area contributed by atoms with Crippen molar-refractivity contribution in [2.24, 2.45) is 5.92 Å². The van der Waals surface area contributed by atoms with Crippen molar-refractivity contribution in [3.8, 4) is 0 Å². The van der Waals surface area contributed by atoms with Crippen LogP contribution in [0.5, 0.6) is 0 Å². The number of likely N-dealkylation sites (N-methyl/N-ethyl adjacent to an activating group) is 1. The molecule has 1 heterocycles. The van der Waals surface area contributed by atoms with Gasteiger partial charge in [0.2, 0.25) is 0 Å². The van der Waals surface area contributed by atoms with Gasteiger partial charge in [0.25, 0.3) is 0 Å².